The second kappa shape index (κ2) is 7.82. The molecule has 25 heavy (non-hydrogen) atoms. The molecule has 2 atom stereocenters. The van der Waals surface area contributed by atoms with Gasteiger partial charge in [-0.25, -0.2) is 0 Å². The maximum absolute atomic E-state index is 12.7. The molecule has 7 heteroatoms. The van der Waals surface area contributed by atoms with Crippen LogP contribution in [-0.2, 0) is 22.6 Å². The first-order valence-electron chi connectivity index (χ1n) is 8.81. The van der Waals surface area contributed by atoms with E-state index in [-0.39, 0.29) is 25.2 Å². The van der Waals surface area contributed by atoms with E-state index in [1.807, 2.05) is 17.0 Å². The summed E-state index contributed by atoms with van der Waals surface area (Å²) in [4.78, 5) is 18.6. The molecule has 0 unspecified atom stereocenters. The summed E-state index contributed by atoms with van der Waals surface area (Å²) in [5, 5.41) is 3.70. The van der Waals surface area contributed by atoms with E-state index in [0.29, 0.717) is 17.6 Å². The number of rotatable bonds is 6. The molecule has 0 spiro atoms. The van der Waals surface area contributed by atoms with Crippen LogP contribution in [0, 0.1) is 12.8 Å². The van der Waals surface area contributed by atoms with Gasteiger partial charge in [-0.3, -0.25) is 4.79 Å². The van der Waals surface area contributed by atoms with E-state index >= 15 is 0 Å². The van der Waals surface area contributed by atoms with Gasteiger partial charge in [-0.1, -0.05) is 19.0 Å². The number of hydrogen-bond donors (Lipinski definition) is 0. The van der Waals surface area contributed by atoms with E-state index in [1.54, 1.807) is 6.92 Å². The maximum atomic E-state index is 12.7. The highest BCUT2D eigenvalue weighted by atomic mass is 16.5. The molecule has 0 aromatic carbocycles. The SMILES string of the molecule is CCc1ccc([C@H]2C[C@H](C)CCN2C(=O)COCc2nc(C)no2)o1. The van der Waals surface area contributed by atoms with Crippen LogP contribution in [0.3, 0.4) is 0 Å². The number of furan rings is 1. The molecule has 2 aromatic heterocycles. The van der Waals surface area contributed by atoms with Gasteiger partial charge in [0.15, 0.2) is 5.82 Å². The normalized spacial score (nSPS) is 20.8. The number of ether oxygens (including phenoxy) is 1. The van der Waals surface area contributed by atoms with Gasteiger partial charge in [-0.15, -0.1) is 0 Å². The lowest BCUT2D eigenvalue weighted by Crippen LogP contribution is -2.42. The molecule has 1 aliphatic heterocycles. The Morgan fingerprint density at radius 3 is 2.96 bits per heavy atom. The van der Waals surface area contributed by atoms with E-state index in [0.717, 1.165) is 37.3 Å². The summed E-state index contributed by atoms with van der Waals surface area (Å²) in [7, 11) is 0. The first kappa shape index (κ1) is 17.7. The highest BCUT2D eigenvalue weighted by Gasteiger charge is 2.33. The molecule has 3 rings (SSSR count). The molecule has 7 nitrogen and oxygen atoms in total. The first-order valence-corrected chi connectivity index (χ1v) is 8.81. The average Bonchev–Trinajstić information content (AvgIpc) is 3.23. The summed E-state index contributed by atoms with van der Waals surface area (Å²) in [5.41, 5.74) is 0. The van der Waals surface area contributed by atoms with Crippen molar-refractivity contribution in [2.45, 2.75) is 52.7 Å². The lowest BCUT2D eigenvalue weighted by Gasteiger charge is -2.37. The smallest absolute Gasteiger partial charge is 0.252 e. The number of carbonyl (C=O) groups is 1. The first-order chi connectivity index (χ1) is 12.1. The predicted molar refractivity (Wildman–Crippen MR) is 89.6 cm³/mol. The number of hydrogen-bond acceptors (Lipinski definition) is 6. The zero-order chi connectivity index (χ0) is 17.8. The van der Waals surface area contributed by atoms with Crippen molar-refractivity contribution in [3.8, 4) is 0 Å². The minimum absolute atomic E-state index is 0.00630. The van der Waals surface area contributed by atoms with E-state index in [9.17, 15) is 4.79 Å². The Bertz CT molecular complexity index is 709. The number of amides is 1. The van der Waals surface area contributed by atoms with Gasteiger partial charge < -0.3 is 18.6 Å². The summed E-state index contributed by atoms with van der Waals surface area (Å²) >= 11 is 0. The molecule has 3 heterocycles. The maximum Gasteiger partial charge on any atom is 0.252 e. The fourth-order valence-electron chi connectivity index (χ4n) is 3.18. The van der Waals surface area contributed by atoms with Gasteiger partial charge in [0.2, 0.25) is 5.91 Å². The number of carbonyl (C=O) groups excluding carboxylic acids is 1. The monoisotopic (exact) mass is 347 g/mol. The van der Waals surface area contributed by atoms with Crippen LogP contribution in [-0.4, -0.2) is 34.1 Å². The van der Waals surface area contributed by atoms with Gasteiger partial charge in [0.1, 0.15) is 24.7 Å². The van der Waals surface area contributed by atoms with Gasteiger partial charge in [0.05, 0.1) is 6.04 Å². The van der Waals surface area contributed by atoms with Crippen molar-refractivity contribution in [2.24, 2.45) is 5.92 Å². The van der Waals surface area contributed by atoms with Gasteiger partial charge in [-0.05, 0) is 37.8 Å². The number of nitrogens with zero attached hydrogens (tertiary/aromatic N) is 3. The van der Waals surface area contributed by atoms with Crippen molar-refractivity contribution in [3.63, 3.8) is 0 Å². The van der Waals surface area contributed by atoms with Gasteiger partial charge in [0.25, 0.3) is 5.89 Å². The van der Waals surface area contributed by atoms with E-state index in [1.165, 1.54) is 0 Å². The fraction of sp³-hybridized carbons (Fsp3) is 0.611. The zero-order valence-electron chi connectivity index (χ0n) is 15.0. The lowest BCUT2D eigenvalue weighted by molar-refractivity contribution is -0.142. The molecule has 0 saturated carbocycles. The lowest BCUT2D eigenvalue weighted by atomic mass is 9.91. The minimum atomic E-state index is -0.0393. The Hall–Kier alpha value is -2.15. The van der Waals surface area contributed by atoms with Crippen LogP contribution in [0.1, 0.15) is 56.0 Å². The molecular weight excluding hydrogens is 322 g/mol. The van der Waals surface area contributed by atoms with Crippen LogP contribution in [0.4, 0.5) is 0 Å². The van der Waals surface area contributed by atoms with Crippen molar-refractivity contribution >= 4 is 5.91 Å². The van der Waals surface area contributed by atoms with E-state index < -0.39 is 0 Å². The standard InChI is InChI=1S/C18H25N3O4/c1-4-14-5-6-16(24-14)15-9-12(2)7-8-21(15)18(22)11-23-10-17-19-13(3)20-25-17/h5-6,12,15H,4,7-11H2,1-3H3/t12-,15-/m1/s1. The quantitative estimate of drug-likeness (QED) is 0.799. The molecule has 2 aromatic rings. The van der Waals surface area contributed by atoms with Crippen molar-refractivity contribution < 1.29 is 18.5 Å². The molecule has 0 N–H and O–H groups in total. The zero-order valence-corrected chi connectivity index (χ0v) is 15.0. The third kappa shape index (κ3) is 4.28. The molecule has 1 aliphatic rings. The molecule has 0 bridgehead atoms. The molecule has 1 saturated heterocycles. The third-order valence-corrected chi connectivity index (χ3v) is 4.57. The van der Waals surface area contributed by atoms with Gasteiger partial charge >= 0.3 is 0 Å². The Morgan fingerprint density at radius 1 is 1.44 bits per heavy atom. The second-order valence-corrected chi connectivity index (χ2v) is 6.62. The molecule has 0 radical (unpaired) electrons. The van der Waals surface area contributed by atoms with E-state index in [4.69, 9.17) is 13.7 Å². The summed E-state index contributed by atoms with van der Waals surface area (Å²) in [6, 6.07) is 3.96. The van der Waals surface area contributed by atoms with Crippen LogP contribution in [0.5, 0.6) is 0 Å². The molecule has 1 amide bonds. The van der Waals surface area contributed by atoms with Gasteiger partial charge in [0, 0.05) is 13.0 Å². The number of likely N-dealkylation sites (tertiary alicyclic amines) is 1. The van der Waals surface area contributed by atoms with Crippen LogP contribution in [0.15, 0.2) is 21.1 Å². The summed E-state index contributed by atoms with van der Waals surface area (Å²) in [6.45, 7) is 6.87. The van der Waals surface area contributed by atoms with E-state index in [2.05, 4.69) is 24.0 Å². The van der Waals surface area contributed by atoms with Crippen LogP contribution < -0.4 is 0 Å². The number of piperidine rings is 1. The Labute approximate surface area is 147 Å². The fourth-order valence-corrected chi connectivity index (χ4v) is 3.18. The Morgan fingerprint density at radius 2 is 2.28 bits per heavy atom. The number of aromatic nitrogens is 2. The highest BCUT2D eigenvalue weighted by Crippen LogP contribution is 2.35. The predicted octanol–water partition coefficient (Wildman–Crippen LogP) is 3.05. The topological polar surface area (TPSA) is 81.6 Å². The summed E-state index contributed by atoms with van der Waals surface area (Å²) < 4.78 is 16.4. The number of aryl methyl sites for hydroxylation is 2. The van der Waals surface area contributed by atoms with Crippen molar-refractivity contribution in [2.75, 3.05) is 13.2 Å². The molecule has 1 fully saturated rings. The third-order valence-electron chi connectivity index (χ3n) is 4.57. The Kier molecular flexibility index (Phi) is 5.53. The molecule has 0 aliphatic carbocycles. The van der Waals surface area contributed by atoms with Crippen LogP contribution >= 0.6 is 0 Å². The second-order valence-electron chi connectivity index (χ2n) is 6.62. The molecule has 136 valence electrons. The van der Waals surface area contributed by atoms with Crippen LogP contribution in [0.2, 0.25) is 0 Å². The van der Waals surface area contributed by atoms with Crippen LogP contribution in [0.25, 0.3) is 0 Å². The summed E-state index contributed by atoms with van der Waals surface area (Å²) in [5.74, 6) is 3.27. The van der Waals surface area contributed by atoms with Crippen molar-refractivity contribution in [1.29, 1.82) is 0 Å². The average molecular weight is 347 g/mol. The van der Waals surface area contributed by atoms with Gasteiger partial charge in [-0.2, -0.15) is 4.98 Å². The Balaban J connectivity index is 1.61. The van der Waals surface area contributed by atoms with Crippen molar-refractivity contribution in [1.82, 2.24) is 15.0 Å². The minimum Gasteiger partial charge on any atom is -0.464 e. The molecular formula is C18H25N3O4. The van der Waals surface area contributed by atoms with Crippen molar-refractivity contribution in [3.05, 3.63) is 35.4 Å². The summed E-state index contributed by atoms with van der Waals surface area (Å²) in [6.07, 6.45) is 2.75. The largest absolute Gasteiger partial charge is 0.464 e. The highest BCUT2D eigenvalue weighted by molar-refractivity contribution is 5.78.